The molecular formula is C6H8F3N3S. The summed E-state index contributed by atoms with van der Waals surface area (Å²) in [5.41, 5.74) is 0. The lowest BCUT2D eigenvalue weighted by atomic mass is 10.5. The van der Waals surface area contributed by atoms with Crippen LogP contribution < -0.4 is 0 Å². The number of thioether (sulfide) groups is 1. The fourth-order valence-corrected chi connectivity index (χ4v) is 1.49. The van der Waals surface area contributed by atoms with Gasteiger partial charge in [0.15, 0.2) is 5.16 Å². The molecule has 0 saturated carbocycles. The molecular weight excluding hydrogens is 203 g/mol. The van der Waals surface area contributed by atoms with Gasteiger partial charge in [0.2, 0.25) is 5.82 Å². The summed E-state index contributed by atoms with van der Waals surface area (Å²) < 4.78 is 37.8. The average molecular weight is 211 g/mol. The number of aromatic nitrogens is 3. The molecule has 3 nitrogen and oxygen atoms in total. The van der Waals surface area contributed by atoms with E-state index in [9.17, 15) is 13.2 Å². The number of rotatable bonds is 2. The predicted molar refractivity (Wildman–Crippen MR) is 42.5 cm³/mol. The summed E-state index contributed by atoms with van der Waals surface area (Å²) in [5, 5.41) is 6.81. The molecule has 1 aromatic heterocycles. The minimum atomic E-state index is -4.42. The van der Waals surface area contributed by atoms with E-state index in [4.69, 9.17) is 0 Å². The van der Waals surface area contributed by atoms with Crippen molar-refractivity contribution in [3.05, 3.63) is 5.82 Å². The maximum Gasteiger partial charge on any atom is 0.451 e. The number of nitrogens with zero attached hydrogens (tertiary/aromatic N) is 3. The molecule has 7 heteroatoms. The van der Waals surface area contributed by atoms with Gasteiger partial charge < -0.3 is 0 Å². The minimum Gasteiger partial charge on any atom is -0.299 e. The van der Waals surface area contributed by atoms with E-state index in [1.807, 2.05) is 0 Å². The van der Waals surface area contributed by atoms with Gasteiger partial charge in [0.05, 0.1) is 0 Å². The summed E-state index contributed by atoms with van der Waals surface area (Å²) in [5.74, 6) is -0.931. The Balaban J connectivity index is 3.16. The predicted octanol–water partition coefficient (Wildman–Crippen LogP) is 2.04. The maximum atomic E-state index is 12.3. The first kappa shape index (κ1) is 10.4. The van der Waals surface area contributed by atoms with E-state index in [2.05, 4.69) is 10.2 Å². The quantitative estimate of drug-likeness (QED) is 0.701. The molecule has 0 aliphatic rings. The summed E-state index contributed by atoms with van der Waals surface area (Å²) in [4.78, 5) is 0. The van der Waals surface area contributed by atoms with E-state index < -0.39 is 12.0 Å². The van der Waals surface area contributed by atoms with E-state index >= 15 is 0 Å². The molecule has 0 saturated heterocycles. The fourth-order valence-electron chi connectivity index (χ4n) is 0.934. The van der Waals surface area contributed by atoms with Gasteiger partial charge in [-0.05, 0) is 13.2 Å². The molecule has 1 rings (SSSR count). The summed E-state index contributed by atoms with van der Waals surface area (Å²) in [6.07, 6.45) is -2.76. The van der Waals surface area contributed by atoms with Crippen molar-refractivity contribution in [2.45, 2.75) is 24.8 Å². The Kier molecular flexibility index (Phi) is 2.84. The molecule has 0 radical (unpaired) electrons. The zero-order valence-electron chi connectivity index (χ0n) is 7.09. The Labute approximate surface area is 77.3 Å². The molecule has 0 bridgehead atoms. The normalized spacial score (nSPS) is 12.1. The van der Waals surface area contributed by atoms with Crippen LogP contribution in [0.15, 0.2) is 5.16 Å². The average Bonchev–Trinajstić information content (AvgIpc) is 2.45. The van der Waals surface area contributed by atoms with Gasteiger partial charge in [-0.3, -0.25) is 4.57 Å². The molecule has 0 fully saturated rings. The first-order chi connectivity index (χ1) is 6.00. The molecule has 0 unspecified atom stereocenters. The van der Waals surface area contributed by atoms with Crippen LogP contribution in [-0.4, -0.2) is 21.0 Å². The molecule has 0 amide bonds. The molecule has 0 aliphatic carbocycles. The van der Waals surface area contributed by atoms with Crippen LogP contribution >= 0.6 is 11.8 Å². The van der Waals surface area contributed by atoms with Gasteiger partial charge in [0.25, 0.3) is 0 Å². The van der Waals surface area contributed by atoms with Crippen LogP contribution in [-0.2, 0) is 12.7 Å². The van der Waals surface area contributed by atoms with E-state index in [-0.39, 0.29) is 11.7 Å². The van der Waals surface area contributed by atoms with Crippen molar-refractivity contribution in [3.63, 3.8) is 0 Å². The second-order valence-corrected chi connectivity index (χ2v) is 3.03. The Bertz CT molecular complexity index is 294. The van der Waals surface area contributed by atoms with E-state index in [1.165, 1.54) is 0 Å². The third-order valence-electron chi connectivity index (χ3n) is 1.47. The molecule has 1 heterocycles. The van der Waals surface area contributed by atoms with E-state index in [1.54, 1.807) is 13.2 Å². The SMILES string of the molecule is CCn1c(SC)nnc1C(F)(F)F. The lowest BCUT2D eigenvalue weighted by Gasteiger charge is -2.07. The number of alkyl halides is 3. The highest BCUT2D eigenvalue weighted by Crippen LogP contribution is 2.29. The van der Waals surface area contributed by atoms with Crippen LogP contribution in [0, 0.1) is 0 Å². The fraction of sp³-hybridized carbons (Fsp3) is 0.667. The second kappa shape index (κ2) is 3.57. The van der Waals surface area contributed by atoms with Crippen molar-refractivity contribution in [2.75, 3.05) is 6.26 Å². The number of hydrogen-bond acceptors (Lipinski definition) is 3. The van der Waals surface area contributed by atoms with Crippen molar-refractivity contribution in [1.82, 2.24) is 14.8 Å². The van der Waals surface area contributed by atoms with Gasteiger partial charge in [-0.1, -0.05) is 11.8 Å². The summed E-state index contributed by atoms with van der Waals surface area (Å²) in [6, 6.07) is 0. The first-order valence-electron chi connectivity index (χ1n) is 3.55. The van der Waals surface area contributed by atoms with E-state index in [0.717, 1.165) is 16.3 Å². The van der Waals surface area contributed by atoms with Crippen molar-refractivity contribution in [2.24, 2.45) is 0 Å². The smallest absolute Gasteiger partial charge is 0.299 e. The highest BCUT2D eigenvalue weighted by atomic mass is 32.2. The van der Waals surface area contributed by atoms with Crippen LogP contribution in [0.5, 0.6) is 0 Å². The Hall–Kier alpha value is -0.720. The highest BCUT2D eigenvalue weighted by Gasteiger charge is 2.37. The molecule has 1 aromatic rings. The van der Waals surface area contributed by atoms with Crippen molar-refractivity contribution >= 4 is 11.8 Å². The van der Waals surface area contributed by atoms with Crippen LogP contribution in [0.25, 0.3) is 0 Å². The standard InChI is InChI=1S/C6H8F3N3S/c1-3-12-4(6(7,8)9)10-11-5(12)13-2/h3H2,1-2H3. The topological polar surface area (TPSA) is 30.7 Å². The molecule has 0 spiro atoms. The summed E-state index contributed by atoms with van der Waals surface area (Å²) in [7, 11) is 0. The minimum absolute atomic E-state index is 0.220. The van der Waals surface area contributed by atoms with Gasteiger partial charge in [-0.25, -0.2) is 0 Å². The molecule has 74 valence electrons. The van der Waals surface area contributed by atoms with Crippen molar-refractivity contribution in [1.29, 1.82) is 0 Å². The Morgan fingerprint density at radius 3 is 2.38 bits per heavy atom. The molecule has 13 heavy (non-hydrogen) atoms. The third kappa shape index (κ3) is 1.96. The monoisotopic (exact) mass is 211 g/mol. The number of hydrogen-bond donors (Lipinski definition) is 0. The summed E-state index contributed by atoms with van der Waals surface area (Å²) >= 11 is 1.15. The van der Waals surface area contributed by atoms with Gasteiger partial charge in [-0.15, -0.1) is 10.2 Å². The highest BCUT2D eigenvalue weighted by molar-refractivity contribution is 7.98. The molecule has 0 aliphatic heterocycles. The third-order valence-corrected chi connectivity index (χ3v) is 2.14. The maximum absolute atomic E-state index is 12.3. The zero-order chi connectivity index (χ0) is 10.1. The molecule has 0 N–H and O–H groups in total. The van der Waals surface area contributed by atoms with Gasteiger partial charge >= 0.3 is 6.18 Å². The lowest BCUT2D eigenvalue weighted by Crippen LogP contribution is -2.14. The molecule has 0 atom stereocenters. The Morgan fingerprint density at radius 1 is 1.38 bits per heavy atom. The molecule has 0 aromatic carbocycles. The van der Waals surface area contributed by atoms with Crippen LogP contribution in [0.4, 0.5) is 13.2 Å². The van der Waals surface area contributed by atoms with Gasteiger partial charge in [-0.2, -0.15) is 13.2 Å². The van der Waals surface area contributed by atoms with Gasteiger partial charge in [0.1, 0.15) is 0 Å². The van der Waals surface area contributed by atoms with Crippen LogP contribution in [0.2, 0.25) is 0 Å². The zero-order valence-corrected chi connectivity index (χ0v) is 7.91. The van der Waals surface area contributed by atoms with Crippen LogP contribution in [0.1, 0.15) is 12.7 Å². The lowest BCUT2D eigenvalue weighted by molar-refractivity contribution is -0.147. The van der Waals surface area contributed by atoms with Gasteiger partial charge in [0, 0.05) is 6.54 Å². The van der Waals surface area contributed by atoms with Crippen molar-refractivity contribution < 1.29 is 13.2 Å². The van der Waals surface area contributed by atoms with Crippen molar-refractivity contribution in [3.8, 4) is 0 Å². The largest absolute Gasteiger partial charge is 0.451 e. The Morgan fingerprint density at radius 2 is 2.00 bits per heavy atom. The first-order valence-corrected chi connectivity index (χ1v) is 4.77. The second-order valence-electron chi connectivity index (χ2n) is 2.25. The summed E-state index contributed by atoms with van der Waals surface area (Å²) in [6.45, 7) is 1.84. The van der Waals surface area contributed by atoms with Crippen LogP contribution in [0.3, 0.4) is 0 Å². The number of halogens is 3. The van der Waals surface area contributed by atoms with E-state index in [0.29, 0.717) is 0 Å².